The first kappa shape index (κ1) is 9.51. The Bertz CT molecular complexity index is 465. The molecule has 0 bridgehead atoms. The molecule has 0 N–H and O–H groups in total. The topological polar surface area (TPSA) is 68.9 Å². The van der Waals surface area contributed by atoms with Crippen molar-refractivity contribution >= 4 is 5.78 Å². The maximum absolute atomic E-state index is 10.9. The fourth-order valence-corrected chi connectivity index (χ4v) is 1.15. The predicted octanol–water partition coefficient (Wildman–Crippen LogP) is 1.26. The van der Waals surface area contributed by atoms with Gasteiger partial charge in [-0.25, -0.2) is 0 Å². The van der Waals surface area contributed by atoms with Gasteiger partial charge in [0.05, 0.1) is 0 Å². The highest BCUT2D eigenvalue weighted by Crippen LogP contribution is 2.05. The van der Waals surface area contributed by atoms with E-state index >= 15 is 0 Å². The summed E-state index contributed by atoms with van der Waals surface area (Å²) in [6.45, 7) is 1.39. The first-order valence-corrected chi connectivity index (χ1v) is 4.48. The van der Waals surface area contributed by atoms with Gasteiger partial charge < -0.3 is 4.52 Å². The second-order valence-electron chi connectivity index (χ2n) is 3.10. The Balaban J connectivity index is 2.15. The van der Waals surface area contributed by atoms with E-state index in [1.165, 1.54) is 6.92 Å². The molecule has 5 heteroatoms. The summed E-state index contributed by atoms with van der Waals surface area (Å²) in [5, 5.41) is 3.71. The van der Waals surface area contributed by atoms with Crippen molar-refractivity contribution < 1.29 is 9.32 Å². The maximum atomic E-state index is 10.9. The number of Topliss-reactive ketones (excluding diaryl/α,β-unsaturated/α-hetero) is 1. The Labute approximate surface area is 86.1 Å². The summed E-state index contributed by atoms with van der Waals surface area (Å²) in [7, 11) is 0. The van der Waals surface area contributed by atoms with Crippen LogP contribution >= 0.6 is 0 Å². The van der Waals surface area contributed by atoms with Crippen LogP contribution in [-0.4, -0.2) is 20.9 Å². The largest absolute Gasteiger partial charge is 0.331 e. The van der Waals surface area contributed by atoms with Crippen molar-refractivity contribution in [3.63, 3.8) is 0 Å². The molecular weight excluding hydrogens is 194 g/mol. The van der Waals surface area contributed by atoms with Crippen LogP contribution in [0.4, 0.5) is 0 Å². The lowest BCUT2D eigenvalue weighted by Crippen LogP contribution is -1.94. The van der Waals surface area contributed by atoms with Crippen LogP contribution in [0.3, 0.4) is 0 Å². The number of rotatable bonds is 3. The molecule has 0 aromatic carbocycles. The number of hydrogen-bond donors (Lipinski definition) is 0. The second kappa shape index (κ2) is 4.00. The molecule has 2 aromatic heterocycles. The highest BCUT2D eigenvalue weighted by molar-refractivity contribution is 5.89. The lowest BCUT2D eigenvalue weighted by atomic mass is 10.2. The van der Waals surface area contributed by atoms with E-state index in [2.05, 4.69) is 15.1 Å². The van der Waals surface area contributed by atoms with Gasteiger partial charge in [0.1, 0.15) is 0 Å². The van der Waals surface area contributed by atoms with E-state index in [4.69, 9.17) is 4.52 Å². The molecule has 0 spiro atoms. The average Bonchev–Trinajstić information content (AvgIpc) is 2.68. The molecule has 76 valence electrons. The minimum atomic E-state index is -0.219. The molecule has 5 nitrogen and oxygen atoms in total. The molecule has 2 heterocycles. The standard InChI is InChI=1S/C10H9N3O2/c1-7(14)10-12-9(13-15-10)6-8-2-4-11-5-3-8/h2-5H,6H2,1H3. The zero-order chi connectivity index (χ0) is 10.7. The van der Waals surface area contributed by atoms with E-state index < -0.39 is 0 Å². The SMILES string of the molecule is CC(=O)c1nc(Cc2ccncc2)no1. The second-order valence-corrected chi connectivity index (χ2v) is 3.10. The molecule has 0 aliphatic rings. The van der Waals surface area contributed by atoms with Crippen LogP contribution in [0.25, 0.3) is 0 Å². The smallest absolute Gasteiger partial charge is 0.293 e. The van der Waals surface area contributed by atoms with Gasteiger partial charge in [-0.1, -0.05) is 5.16 Å². The normalized spacial score (nSPS) is 10.2. The molecule has 0 aliphatic heterocycles. The average molecular weight is 203 g/mol. The summed E-state index contributed by atoms with van der Waals surface area (Å²) in [6, 6.07) is 3.73. The first-order chi connectivity index (χ1) is 7.25. The highest BCUT2D eigenvalue weighted by Gasteiger charge is 2.10. The quantitative estimate of drug-likeness (QED) is 0.702. The molecule has 0 amide bonds. The van der Waals surface area contributed by atoms with Crippen LogP contribution in [-0.2, 0) is 6.42 Å². The van der Waals surface area contributed by atoms with Crippen molar-refractivity contribution in [2.24, 2.45) is 0 Å². The van der Waals surface area contributed by atoms with Crippen molar-refractivity contribution in [1.29, 1.82) is 0 Å². The molecule has 2 aromatic rings. The number of hydrogen-bond acceptors (Lipinski definition) is 5. The van der Waals surface area contributed by atoms with Gasteiger partial charge >= 0.3 is 0 Å². The zero-order valence-corrected chi connectivity index (χ0v) is 8.17. The third kappa shape index (κ3) is 2.25. The fourth-order valence-electron chi connectivity index (χ4n) is 1.15. The van der Waals surface area contributed by atoms with Crippen molar-refractivity contribution in [2.45, 2.75) is 13.3 Å². The summed E-state index contributed by atoms with van der Waals surface area (Å²) in [5.74, 6) is 0.342. The number of nitrogens with zero attached hydrogens (tertiary/aromatic N) is 3. The molecule has 0 radical (unpaired) electrons. The number of carbonyl (C=O) groups excluding carboxylic acids is 1. The number of pyridine rings is 1. The van der Waals surface area contributed by atoms with Crippen molar-refractivity contribution in [3.8, 4) is 0 Å². The number of carbonyl (C=O) groups is 1. The minimum Gasteiger partial charge on any atom is -0.331 e. The molecule has 15 heavy (non-hydrogen) atoms. The fraction of sp³-hybridized carbons (Fsp3) is 0.200. The summed E-state index contributed by atoms with van der Waals surface area (Å²) in [4.78, 5) is 18.8. The Morgan fingerprint density at radius 2 is 2.13 bits per heavy atom. The van der Waals surface area contributed by atoms with Gasteiger partial charge in [0.2, 0.25) is 5.78 Å². The van der Waals surface area contributed by atoms with Crippen LogP contribution in [0.1, 0.15) is 29.0 Å². The molecule has 0 unspecified atom stereocenters. The lowest BCUT2D eigenvalue weighted by molar-refractivity contribution is 0.0972. The summed E-state index contributed by atoms with van der Waals surface area (Å²) in [6.07, 6.45) is 3.93. The van der Waals surface area contributed by atoms with E-state index in [0.29, 0.717) is 12.2 Å². The molecule has 0 saturated heterocycles. The van der Waals surface area contributed by atoms with Crippen LogP contribution in [0.15, 0.2) is 29.0 Å². The molecule has 0 saturated carbocycles. The van der Waals surface area contributed by atoms with E-state index in [0.717, 1.165) is 5.56 Å². The first-order valence-electron chi connectivity index (χ1n) is 4.48. The van der Waals surface area contributed by atoms with Gasteiger partial charge in [-0.15, -0.1) is 0 Å². The molecule has 0 aliphatic carbocycles. The van der Waals surface area contributed by atoms with Gasteiger partial charge in [-0.2, -0.15) is 4.98 Å². The Morgan fingerprint density at radius 3 is 2.73 bits per heavy atom. The Kier molecular flexibility index (Phi) is 2.53. The van der Waals surface area contributed by atoms with Crippen molar-refractivity contribution in [3.05, 3.63) is 41.8 Å². The Hall–Kier alpha value is -2.04. The Morgan fingerprint density at radius 1 is 1.40 bits per heavy atom. The summed E-state index contributed by atoms with van der Waals surface area (Å²) < 4.78 is 4.77. The molecular formula is C10H9N3O2. The maximum Gasteiger partial charge on any atom is 0.293 e. The van der Waals surface area contributed by atoms with Crippen LogP contribution in [0.2, 0.25) is 0 Å². The number of aromatic nitrogens is 3. The van der Waals surface area contributed by atoms with Gasteiger partial charge in [0, 0.05) is 25.7 Å². The van der Waals surface area contributed by atoms with Crippen molar-refractivity contribution in [1.82, 2.24) is 15.1 Å². The molecule has 0 fully saturated rings. The monoisotopic (exact) mass is 203 g/mol. The van der Waals surface area contributed by atoms with E-state index in [1.807, 2.05) is 12.1 Å². The zero-order valence-electron chi connectivity index (χ0n) is 8.17. The number of ketones is 1. The lowest BCUT2D eigenvalue weighted by Gasteiger charge is -1.93. The minimum absolute atomic E-state index is 0.0547. The molecule has 2 rings (SSSR count). The van der Waals surface area contributed by atoms with Crippen LogP contribution in [0.5, 0.6) is 0 Å². The van der Waals surface area contributed by atoms with Gasteiger partial charge in [0.15, 0.2) is 5.82 Å². The van der Waals surface area contributed by atoms with E-state index in [9.17, 15) is 4.79 Å². The van der Waals surface area contributed by atoms with Crippen molar-refractivity contribution in [2.75, 3.05) is 0 Å². The highest BCUT2D eigenvalue weighted by atomic mass is 16.5. The van der Waals surface area contributed by atoms with E-state index in [-0.39, 0.29) is 11.7 Å². The summed E-state index contributed by atoms with van der Waals surface area (Å²) >= 11 is 0. The van der Waals surface area contributed by atoms with Crippen LogP contribution < -0.4 is 0 Å². The van der Waals surface area contributed by atoms with E-state index in [1.54, 1.807) is 12.4 Å². The van der Waals surface area contributed by atoms with Crippen LogP contribution in [0, 0.1) is 0 Å². The van der Waals surface area contributed by atoms with Gasteiger partial charge in [-0.05, 0) is 17.7 Å². The van der Waals surface area contributed by atoms with Gasteiger partial charge in [-0.3, -0.25) is 9.78 Å². The molecule has 0 atom stereocenters. The third-order valence-electron chi connectivity index (χ3n) is 1.88. The van der Waals surface area contributed by atoms with Gasteiger partial charge in [0.25, 0.3) is 5.89 Å². The third-order valence-corrected chi connectivity index (χ3v) is 1.88. The summed E-state index contributed by atoms with van der Waals surface area (Å²) in [5.41, 5.74) is 1.03. The predicted molar refractivity (Wildman–Crippen MR) is 51.3 cm³/mol.